The summed E-state index contributed by atoms with van der Waals surface area (Å²) in [5.41, 5.74) is 7.79. The number of H-pyrrole nitrogens is 2. The summed E-state index contributed by atoms with van der Waals surface area (Å²) in [7, 11) is 0. The third-order valence-corrected chi connectivity index (χ3v) is 8.74. The Morgan fingerprint density at radius 2 is 1.51 bits per heavy atom. The standard InChI is InChI=1S/C33H40N4O6/c1-7-20-19(6)32(42)37-27(20)14-25-18(5)23(10-12-31(40)41)29(35-25)15-28-22(9-11-30(38)39)17(4)24(34-28)13-26-16(3)21(8-2)33(43)36-26/h13-15,19-20,34-35H,7-12H2,1-6H3,(H,37,42)(H,38,39)(H,40,41). The van der Waals surface area contributed by atoms with Gasteiger partial charge in [-0.3, -0.25) is 19.2 Å². The van der Waals surface area contributed by atoms with Crippen molar-refractivity contribution in [2.24, 2.45) is 16.8 Å². The predicted molar refractivity (Wildman–Crippen MR) is 165 cm³/mol. The molecule has 2 atom stereocenters. The number of allylic oxidation sites excluding steroid dienone is 2. The number of carbonyl (C=O) groups is 4. The van der Waals surface area contributed by atoms with Gasteiger partial charge in [-0.15, -0.1) is 0 Å². The number of nitrogens with zero attached hydrogens (tertiary/aromatic N) is 1. The molecule has 4 heterocycles. The van der Waals surface area contributed by atoms with Gasteiger partial charge in [0.25, 0.3) is 5.91 Å². The highest BCUT2D eigenvalue weighted by Crippen LogP contribution is 2.32. The number of nitrogens with one attached hydrogen (secondary N) is 3. The van der Waals surface area contributed by atoms with Crippen LogP contribution in [0, 0.1) is 25.7 Å². The number of carbonyl (C=O) groups excluding carboxylic acids is 2. The molecule has 43 heavy (non-hydrogen) atoms. The number of carboxylic acid groups (broad SMARTS) is 2. The van der Waals surface area contributed by atoms with Crippen LogP contribution in [0.3, 0.4) is 0 Å². The van der Waals surface area contributed by atoms with Crippen LogP contribution in [0.25, 0.3) is 18.2 Å². The van der Waals surface area contributed by atoms with Crippen LogP contribution in [0.5, 0.6) is 0 Å². The first-order chi connectivity index (χ1) is 20.4. The molecular formula is C33H40N4O6. The Labute approximate surface area is 250 Å². The molecule has 0 aromatic carbocycles. The highest BCUT2D eigenvalue weighted by molar-refractivity contribution is 6.30. The number of hydrogen-bond donors (Lipinski definition) is 5. The first-order valence-electron chi connectivity index (χ1n) is 14.8. The molecule has 228 valence electrons. The van der Waals surface area contributed by atoms with E-state index in [-0.39, 0.29) is 42.9 Å². The monoisotopic (exact) mass is 588 g/mol. The van der Waals surface area contributed by atoms with Crippen molar-refractivity contribution in [1.29, 1.82) is 0 Å². The minimum absolute atomic E-state index is 0.0152. The maximum Gasteiger partial charge on any atom is 0.303 e. The van der Waals surface area contributed by atoms with Crippen molar-refractivity contribution in [3.05, 3.63) is 61.2 Å². The summed E-state index contributed by atoms with van der Waals surface area (Å²) in [4.78, 5) is 58.8. The van der Waals surface area contributed by atoms with Crippen LogP contribution in [0.4, 0.5) is 0 Å². The fraction of sp³-hybridized carbons (Fsp3) is 0.424. The first kappa shape index (κ1) is 31.5. The lowest BCUT2D eigenvalue weighted by atomic mass is 9.92. The lowest BCUT2D eigenvalue weighted by Gasteiger charge is -2.11. The summed E-state index contributed by atoms with van der Waals surface area (Å²) in [6.07, 6.45) is 7.48. The van der Waals surface area contributed by atoms with Gasteiger partial charge in [0.05, 0.1) is 5.71 Å². The molecule has 0 radical (unpaired) electrons. The summed E-state index contributed by atoms with van der Waals surface area (Å²) in [6.45, 7) is 11.6. The lowest BCUT2D eigenvalue weighted by Crippen LogP contribution is -2.16. The Bertz CT molecular complexity index is 1720. The van der Waals surface area contributed by atoms with E-state index in [0.29, 0.717) is 35.2 Å². The molecular weight excluding hydrogens is 548 g/mol. The maximum absolute atomic E-state index is 12.4. The average molecular weight is 589 g/mol. The summed E-state index contributed by atoms with van der Waals surface area (Å²) in [5, 5.41) is 23.3. The number of aliphatic imine (C=N–C) groups is 1. The van der Waals surface area contributed by atoms with Crippen LogP contribution < -0.4 is 16.0 Å². The van der Waals surface area contributed by atoms with E-state index in [1.54, 1.807) is 0 Å². The van der Waals surface area contributed by atoms with Gasteiger partial charge in [0.1, 0.15) is 0 Å². The maximum atomic E-state index is 12.4. The van der Waals surface area contributed by atoms with Gasteiger partial charge < -0.3 is 25.5 Å². The van der Waals surface area contributed by atoms with Crippen LogP contribution in [0.1, 0.15) is 87.0 Å². The third-order valence-electron chi connectivity index (χ3n) is 8.74. The van der Waals surface area contributed by atoms with Gasteiger partial charge in [0, 0.05) is 58.0 Å². The van der Waals surface area contributed by atoms with E-state index in [1.807, 2.05) is 59.8 Å². The van der Waals surface area contributed by atoms with E-state index in [9.17, 15) is 29.4 Å². The van der Waals surface area contributed by atoms with E-state index in [1.165, 1.54) is 0 Å². The van der Waals surface area contributed by atoms with Gasteiger partial charge in [0.2, 0.25) is 5.91 Å². The fourth-order valence-corrected chi connectivity index (χ4v) is 6.09. The van der Waals surface area contributed by atoms with Crippen molar-refractivity contribution >= 4 is 47.7 Å². The molecule has 1 saturated heterocycles. The van der Waals surface area contributed by atoms with Crippen LogP contribution in [-0.4, -0.2) is 49.6 Å². The summed E-state index contributed by atoms with van der Waals surface area (Å²) >= 11 is 0. The molecule has 2 aromatic rings. The molecule has 10 heteroatoms. The minimum atomic E-state index is -0.917. The van der Waals surface area contributed by atoms with E-state index in [2.05, 4.69) is 20.3 Å². The normalized spacial score (nSPS) is 20.5. The molecule has 0 aliphatic carbocycles. The number of aliphatic carboxylic acids is 2. The average Bonchev–Trinajstić information content (AvgIpc) is 3.59. The Morgan fingerprint density at radius 3 is 2.09 bits per heavy atom. The SMILES string of the molecule is CCC1=C(C)C(C=c2[nH]c(=Cc3[nH]c(C=C4NC(=O)C(C)C4CC)c(C)c3CCC(=O)O)c(CCC(=O)O)c2C)=NC1=O. The summed E-state index contributed by atoms with van der Waals surface area (Å²) in [6, 6.07) is 0. The van der Waals surface area contributed by atoms with Crippen LogP contribution in [-0.2, 0) is 32.0 Å². The Morgan fingerprint density at radius 1 is 0.860 bits per heavy atom. The topological polar surface area (TPSA) is 165 Å². The number of hydrogen-bond acceptors (Lipinski definition) is 4. The zero-order valence-electron chi connectivity index (χ0n) is 25.6. The lowest BCUT2D eigenvalue weighted by molar-refractivity contribution is -0.138. The molecule has 1 fully saturated rings. The number of carboxylic acids is 2. The van der Waals surface area contributed by atoms with Crippen LogP contribution in [0.2, 0.25) is 0 Å². The fourth-order valence-electron chi connectivity index (χ4n) is 6.09. The van der Waals surface area contributed by atoms with Crippen molar-refractivity contribution < 1.29 is 29.4 Å². The van der Waals surface area contributed by atoms with Gasteiger partial charge in [-0.25, -0.2) is 4.99 Å². The summed E-state index contributed by atoms with van der Waals surface area (Å²) in [5.74, 6) is -2.15. The second-order valence-electron chi connectivity index (χ2n) is 11.3. The van der Waals surface area contributed by atoms with Gasteiger partial charge in [-0.05, 0) is 92.5 Å². The van der Waals surface area contributed by atoms with E-state index in [4.69, 9.17) is 0 Å². The third kappa shape index (κ3) is 6.48. The molecule has 0 spiro atoms. The number of rotatable bonds is 11. The van der Waals surface area contributed by atoms with Crippen LogP contribution in [0.15, 0.2) is 21.8 Å². The van der Waals surface area contributed by atoms with Crippen molar-refractivity contribution in [1.82, 2.24) is 15.3 Å². The molecule has 0 bridgehead atoms. The van der Waals surface area contributed by atoms with E-state index >= 15 is 0 Å². The minimum Gasteiger partial charge on any atom is -0.481 e. The van der Waals surface area contributed by atoms with Crippen molar-refractivity contribution in [3.63, 3.8) is 0 Å². The molecule has 2 aliphatic rings. The van der Waals surface area contributed by atoms with Crippen LogP contribution >= 0.6 is 0 Å². The number of amides is 2. The van der Waals surface area contributed by atoms with Crippen molar-refractivity contribution in [2.45, 2.75) is 80.1 Å². The van der Waals surface area contributed by atoms with Gasteiger partial charge in [-0.2, -0.15) is 0 Å². The molecule has 2 amide bonds. The van der Waals surface area contributed by atoms with E-state index in [0.717, 1.165) is 51.0 Å². The number of aromatic nitrogens is 2. The molecule has 2 aliphatic heterocycles. The second-order valence-corrected chi connectivity index (χ2v) is 11.3. The molecule has 2 unspecified atom stereocenters. The van der Waals surface area contributed by atoms with Crippen molar-refractivity contribution in [3.8, 4) is 0 Å². The van der Waals surface area contributed by atoms with Crippen molar-refractivity contribution in [2.75, 3.05) is 0 Å². The molecule has 5 N–H and O–H groups in total. The molecule has 4 rings (SSSR count). The largest absolute Gasteiger partial charge is 0.481 e. The second kappa shape index (κ2) is 12.8. The van der Waals surface area contributed by atoms with Gasteiger partial charge in [0.15, 0.2) is 0 Å². The quantitative estimate of drug-likeness (QED) is 0.270. The highest BCUT2D eigenvalue weighted by atomic mass is 16.4. The van der Waals surface area contributed by atoms with Gasteiger partial charge >= 0.3 is 11.9 Å². The Kier molecular flexibility index (Phi) is 9.37. The Balaban J connectivity index is 1.90. The zero-order chi connectivity index (χ0) is 31.6. The molecule has 0 saturated carbocycles. The highest BCUT2D eigenvalue weighted by Gasteiger charge is 2.34. The number of aromatic amines is 2. The smallest absolute Gasteiger partial charge is 0.303 e. The van der Waals surface area contributed by atoms with E-state index < -0.39 is 11.9 Å². The molecule has 10 nitrogen and oxygen atoms in total. The zero-order valence-corrected chi connectivity index (χ0v) is 25.6. The Hall–Kier alpha value is -4.47. The molecule has 2 aromatic heterocycles. The van der Waals surface area contributed by atoms with Gasteiger partial charge in [-0.1, -0.05) is 20.8 Å². The summed E-state index contributed by atoms with van der Waals surface area (Å²) < 4.78 is 0. The predicted octanol–water partition coefficient (Wildman–Crippen LogP) is 3.44. The first-order valence-corrected chi connectivity index (χ1v) is 14.8.